The molecule has 0 saturated heterocycles. The Balaban J connectivity index is 1.71. The molecule has 0 aromatic rings. The number of methoxy groups -OCH3 is 1. The van der Waals surface area contributed by atoms with E-state index in [4.69, 9.17) is 4.74 Å². The summed E-state index contributed by atoms with van der Waals surface area (Å²) in [5.74, 6) is 0.763. The van der Waals surface area contributed by atoms with Gasteiger partial charge in [0, 0.05) is 18.9 Å². The third-order valence-electron chi connectivity index (χ3n) is 3.71. The molecule has 17 heavy (non-hydrogen) atoms. The van der Waals surface area contributed by atoms with Crippen molar-refractivity contribution in [1.29, 1.82) is 0 Å². The summed E-state index contributed by atoms with van der Waals surface area (Å²) >= 11 is 1.91. The lowest BCUT2D eigenvalue weighted by Gasteiger charge is -2.40. The fourth-order valence-corrected chi connectivity index (χ4v) is 3.67. The average molecular weight is 256 g/mol. The number of rotatable bonds is 5. The van der Waals surface area contributed by atoms with Crippen molar-refractivity contribution in [2.24, 2.45) is 10.9 Å². The highest BCUT2D eigenvalue weighted by molar-refractivity contribution is 8.14. The van der Waals surface area contributed by atoms with Gasteiger partial charge in [-0.1, -0.05) is 25.6 Å². The quantitative estimate of drug-likeness (QED) is 0.821. The van der Waals surface area contributed by atoms with E-state index >= 15 is 0 Å². The fourth-order valence-electron chi connectivity index (χ4n) is 2.42. The third-order valence-corrected chi connectivity index (χ3v) is 4.88. The molecule has 1 unspecified atom stereocenters. The molecule has 1 aliphatic carbocycles. The van der Waals surface area contributed by atoms with Crippen molar-refractivity contribution in [3.63, 3.8) is 0 Å². The molecule has 1 fully saturated rings. The maximum absolute atomic E-state index is 5.60. The minimum absolute atomic E-state index is 0.0964. The van der Waals surface area contributed by atoms with Crippen LogP contribution in [-0.4, -0.2) is 36.2 Å². The molecule has 0 radical (unpaired) electrons. The van der Waals surface area contributed by atoms with E-state index in [-0.39, 0.29) is 5.60 Å². The molecule has 1 saturated carbocycles. The highest BCUT2D eigenvalue weighted by Gasteiger charge is 2.37. The summed E-state index contributed by atoms with van der Waals surface area (Å²) in [6.45, 7) is 6.45. The Morgan fingerprint density at radius 2 is 2.29 bits per heavy atom. The smallest absolute Gasteiger partial charge is 0.157 e. The van der Waals surface area contributed by atoms with Gasteiger partial charge in [0.25, 0.3) is 0 Å². The first-order chi connectivity index (χ1) is 8.13. The summed E-state index contributed by atoms with van der Waals surface area (Å²) in [6, 6.07) is 0. The monoisotopic (exact) mass is 256 g/mol. The first-order valence-corrected chi connectivity index (χ1v) is 7.52. The molecule has 0 amide bonds. The summed E-state index contributed by atoms with van der Waals surface area (Å²) in [7, 11) is 1.83. The molecule has 1 heterocycles. The number of hydrogen-bond donors (Lipinski definition) is 1. The third kappa shape index (κ3) is 3.38. The Hall–Kier alpha value is -0.220. The van der Waals surface area contributed by atoms with Crippen molar-refractivity contribution in [2.75, 3.05) is 20.2 Å². The van der Waals surface area contributed by atoms with Crippen molar-refractivity contribution in [2.45, 2.75) is 50.4 Å². The summed E-state index contributed by atoms with van der Waals surface area (Å²) in [4.78, 5) is 4.58. The second-order valence-corrected chi connectivity index (χ2v) is 6.90. The van der Waals surface area contributed by atoms with Gasteiger partial charge in [-0.05, 0) is 31.6 Å². The Morgan fingerprint density at radius 3 is 2.82 bits per heavy atom. The van der Waals surface area contributed by atoms with Gasteiger partial charge in [0.05, 0.1) is 12.1 Å². The highest BCUT2D eigenvalue weighted by Crippen LogP contribution is 2.34. The molecule has 1 aliphatic heterocycles. The summed E-state index contributed by atoms with van der Waals surface area (Å²) in [5.41, 5.74) is 0.0964. The average Bonchev–Trinajstić information content (AvgIpc) is 2.64. The van der Waals surface area contributed by atoms with Crippen molar-refractivity contribution >= 4 is 16.9 Å². The molecule has 1 N–H and O–H groups in total. The van der Waals surface area contributed by atoms with E-state index < -0.39 is 0 Å². The van der Waals surface area contributed by atoms with E-state index in [0.29, 0.717) is 5.25 Å². The molecule has 4 heteroatoms. The van der Waals surface area contributed by atoms with Crippen LogP contribution in [0.3, 0.4) is 0 Å². The molecule has 2 aliphatic rings. The van der Waals surface area contributed by atoms with Crippen LogP contribution in [0.5, 0.6) is 0 Å². The highest BCUT2D eigenvalue weighted by atomic mass is 32.2. The number of amidine groups is 1. The predicted molar refractivity (Wildman–Crippen MR) is 74.7 cm³/mol. The van der Waals surface area contributed by atoms with Crippen molar-refractivity contribution in [1.82, 2.24) is 5.32 Å². The Bertz CT molecular complexity index is 282. The predicted octanol–water partition coefficient (Wildman–Crippen LogP) is 2.66. The van der Waals surface area contributed by atoms with Crippen LogP contribution in [0.2, 0.25) is 0 Å². The molecule has 1 atom stereocenters. The van der Waals surface area contributed by atoms with Crippen LogP contribution in [0.4, 0.5) is 0 Å². The van der Waals surface area contributed by atoms with Gasteiger partial charge in [-0.15, -0.1) is 0 Å². The molecule has 0 spiro atoms. The van der Waals surface area contributed by atoms with Gasteiger partial charge < -0.3 is 10.1 Å². The molecule has 0 aromatic heterocycles. The SMILES string of the molecule is COC1(CNC2=NCC(CC(C)C)S2)CCC1. The Labute approximate surface area is 109 Å². The van der Waals surface area contributed by atoms with Gasteiger partial charge in [-0.25, -0.2) is 0 Å². The minimum Gasteiger partial charge on any atom is -0.376 e. The van der Waals surface area contributed by atoms with Gasteiger partial charge >= 0.3 is 0 Å². The zero-order valence-electron chi connectivity index (χ0n) is 11.2. The molecule has 0 aromatic carbocycles. The van der Waals surface area contributed by atoms with Crippen molar-refractivity contribution in [3.05, 3.63) is 0 Å². The standard InChI is InChI=1S/C13H24N2OS/c1-10(2)7-11-8-14-12(17-11)15-9-13(16-3)5-4-6-13/h10-11H,4-9H2,1-3H3,(H,14,15). The lowest BCUT2D eigenvalue weighted by molar-refractivity contribution is -0.0663. The number of thioether (sulfide) groups is 1. The zero-order valence-corrected chi connectivity index (χ0v) is 12.0. The van der Waals surface area contributed by atoms with Crippen LogP contribution in [0.1, 0.15) is 39.5 Å². The largest absolute Gasteiger partial charge is 0.376 e. The summed E-state index contributed by atoms with van der Waals surface area (Å²) in [5, 5.41) is 5.27. The maximum Gasteiger partial charge on any atom is 0.157 e. The molecular formula is C13H24N2OS. The molecular weight excluding hydrogens is 232 g/mol. The van der Waals surface area contributed by atoms with Gasteiger partial charge in [0.15, 0.2) is 5.17 Å². The second-order valence-electron chi connectivity index (χ2n) is 5.61. The van der Waals surface area contributed by atoms with Crippen LogP contribution >= 0.6 is 11.8 Å². The van der Waals surface area contributed by atoms with Crippen molar-refractivity contribution < 1.29 is 4.74 Å². The van der Waals surface area contributed by atoms with Crippen LogP contribution in [0.25, 0.3) is 0 Å². The first kappa shape index (κ1) is 13.2. The van der Waals surface area contributed by atoms with E-state index in [9.17, 15) is 0 Å². The minimum atomic E-state index is 0.0964. The van der Waals surface area contributed by atoms with E-state index in [1.165, 1.54) is 25.7 Å². The van der Waals surface area contributed by atoms with Crippen molar-refractivity contribution in [3.8, 4) is 0 Å². The zero-order chi connectivity index (χ0) is 12.3. The van der Waals surface area contributed by atoms with Gasteiger partial charge in [0.1, 0.15) is 0 Å². The van der Waals surface area contributed by atoms with E-state index in [1.54, 1.807) is 0 Å². The Kier molecular flexibility index (Phi) is 4.36. The lowest BCUT2D eigenvalue weighted by atomic mass is 9.80. The molecule has 98 valence electrons. The number of ether oxygens (including phenoxy) is 1. The van der Waals surface area contributed by atoms with Crippen LogP contribution in [-0.2, 0) is 4.74 Å². The number of hydrogen-bond acceptors (Lipinski definition) is 4. The van der Waals surface area contributed by atoms with Gasteiger partial charge in [-0.2, -0.15) is 0 Å². The summed E-state index contributed by atoms with van der Waals surface area (Å²) < 4.78 is 5.60. The fraction of sp³-hybridized carbons (Fsp3) is 0.923. The second kappa shape index (κ2) is 5.61. The maximum atomic E-state index is 5.60. The molecule has 0 bridgehead atoms. The van der Waals surface area contributed by atoms with Crippen LogP contribution in [0, 0.1) is 5.92 Å². The normalized spacial score (nSPS) is 26.8. The number of nitrogens with zero attached hydrogens (tertiary/aromatic N) is 1. The topological polar surface area (TPSA) is 33.6 Å². The summed E-state index contributed by atoms with van der Waals surface area (Å²) in [6.07, 6.45) is 4.92. The van der Waals surface area contributed by atoms with Gasteiger partial charge in [-0.3, -0.25) is 4.99 Å². The number of nitrogens with one attached hydrogen (secondary N) is 1. The van der Waals surface area contributed by atoms with Gasteiger partial charge in [0.2, 0.25) is 0 Å². The van der Waals surface area contributed by atoms with Crippen LogP contribution < -0.4 is 5.32 Å². The van der Waals surface area contributed by atoms with E-state index in [1.807, 2.05) is 18.9 Å². The Morgan fingerprint density at radius 1 is 1.53 bits per heavy atom. The number of aliphatic imine (C=N–C) groups is 1. The van der Waals surface area contributed by atoms with E-state index in [0.717, 1.165) is 24.2 Å². The first-order valence-electron chi connectivity index (χ1n) is 6.64. The van der Waals surface area contributed by atoms with E-state index in [2.05, 4.69) is 24.2 Å². The molecule has 2 rings (SSSR count). The lowest BCUT2D eigenvalue weighted by Crippen LogP contribution is -2.48. The molecule has 3 nitrogen and oxygen atoms in total. The van der Waals surface area contributed by atoms with Crippen LogP contribution in [0.15, 0.2) is 4.99 Å².